The van der Waals surface area contributed by atoms with Gasteiger partial charge in [0.2, 0.25) is 5.91 Å². The van der Waals surface area contributed by atoms with Crippen molar-refractivity contribution >= 4 is 46.3 Å². The molecular weight excluding hydrogens is 462 g/mol. The van der Waals surface area contributed by atoms with E-state index in [9.17, 15) is 4.79 Å². The molecule has 2 heterocycles. The van der Waals surface area contributed by atoms with Crippen LogP contribution in [-0.2, 0) is 23.5 Å². The SMILES string of the molecule is CCn1c(SCc2csc(CC(=O)Nc3ccc(C)cc3)n2)nnc1-c1cccc(Cl)c1. The summed E-state index contributed by atoms with van der Waals surface area (Å²) in [6.45, 7) is 4.83. The van der Waals surface area contributed by atoms with Gasteiger partial charge in [-0.2, -0.15) is 0 Å². The van der Waals surface area contributed by atoms with Crippen molar-refractivity contribution < 1.29 is 4.79 Å². The number of aromatic nitrogens is 4. The second kappa shape index (κ2) is 10.3. The molecule has 0 unspecified atom stereocenters. The molecule has 2 aromatic carbocycles. The van der Waals surface area contributed by atoms with Crippen LogP contribution in [0.15, 0.2) is 59.1 Å². The third-order valence-electron chi connectivity index (χ3n) is 4.71. The van der Waals surface area contributed by atoms with Crippen LogP contribution in [0.25, 0.3) is 11.4 Å². The van der Waals surface area contributed by atoms with Crippen molar-refractivity contribution in [3.05, 3.63) is 75.2 Å². The van der Waals surface area contributed by atoms with Crippen LogP contribution >= 0.6 is 34.7 Å². The van der Waals surface area contributed by atoms with Gasteiger partial charge in [-0.15, -0.1) is 21.5 Å². The van der Waals surface area contributed by atoms with E-state index in [4.69, 9.17) is 11.6 Å². The van der Waals surface area contributed by atoms with Crippen molar-refractivity contribution in [2.45, 2.75) is 37.7 Å². The minimum Gasteiger partial charge on any atom is -0.326 e. The highest BCUT2D eigenvalue weighted by atomic mass is 35.5. The number of thiazole rings is 1. The van der Waals surface area contributed by atoms with E-state index in [-0.39, 0.29) is 12.3 Å². The van der Waals surface area contributed by atoms with E-state index >= 15 is 0 Å². The second-order valence-corrected chi connectivity index (χ2v) is 9.49. The zero-order valence-electron chi connectivity index (χ0n) is 17.7. The zero-order chi connectivity index (χ0) is 22.5. The molecular formula is C23H22ClN5OS2. The number of rotatable bonds is 8. The van der Waals surface area contributed by atoms with Crippen LogP contribution in [-0.4, -0.2) is 25.7 Å². The molecule has 9 heteroatoms. The molecule has 4 rings (SSSR count). The molecule has 164 valence electrons. The van der Waals surface area contributed by atoms with Gasteiger partial charge < -0.3 is 9.88 Å². The summed E-state index contributed by atoms with van der Waals surface area (Å²) in [6.07, 6.45) is 0.257. The van der Waals surface area contributed by atoms with Crippen molar-refractivity contribution in [3.8, 4) is 11.4 Å². The van der Waals surface area contributed by atoms with E-state index in [0.717, 1.165) is 45.0 Å². The van der Waals surface area contributed by atoms with Gasteiger partial charge >= 0.3 is 0 Å². The zero-order valence-corrected chi connectivity index (χ0v) is 20.1. The Labute approximate surface area is 200 Å². The highest BCUT2D eigenvalue weighted by Crippen LogP contribution is 2.28. The van der Waals surface area contributed by atoms with Gasteiger partial charge in [-0.25, -0.2) is 4.98 Å². The predicted octanol–water partition coefficient (Wildman–Crippen LogP) is 5.86. The lowest BCUT2D eigenvalue weighted by molar-refractivity contribution is -0.115. The van der Waals surface area contributed by atoms with E-state index in [1.807, 2.05) is 60.8 Å². The van der Waals surface area contributed by atoms with E-state index in [1.165, 1.54) is 11.3 Å². The summed E-state index contributed by atoms with van der Waals surface area (Å²) < 4.78 is 2.07. The third kappa shape index (κ3) is 5.56. The van der Waals surface area contributed by atoms with Gasteiger partial charge in [-0.3, -0.25) is 4.79 Å². The molecule has 0 atom stereocenters. The Morgan fingerprint density at radius 1 is 1.19 bits per heavy atom. The van der Waals surface area contributed by atoms with E-state index in [0.29, 0.717) is 10.8 Å². The first-order valence-electron chi connectivity index (χ1n) is 10.1. The first kappa shape index (κ1) is 22.5. The number of nitrogens with one attached hydrogen (secondary N) is 1. The van der Waals surface area contributed by atoms with Crippen LogP contribution in [0.4, 0.5) is 5.69 Å². The van der Waals surface area contributed by atoms with Crippen molar-refractivity contribution in [1.82, 2.24) is 19.7 Å². The number of carbonyl (C=O) groups excluding carboxylic acids is 1. The van der Waals surface area contributed by atoms with Crippen molar-refractivity contribution in [3.63, 3.8) is 0 Å². The van der Waals surface area contributed by atoms with E-state index < -0.39 is 0 Å². The maximum Gasteiger partial charge on any atom is 0.231 e. The van der Waals surface area contributed by atoms with Crippen LogP contribution in [0.5, 0.6) is 0 Å². The topological polar surface area (TPSA) is 72.7 Å². The molecule has 2 aromatic heterocycles. The second-order valence-electron chi connectivity index (χ2n) is 7.17. The Bertz CT molecular complexity index is 1220. The van der Waals surface area contributed by atoms with Crippen LogP contribution in [0, 0.1) is 6.92 Å². The molecule has 0 radical (unpaired) electrons. The first-order chi connectivity index (χ1) is 15.5. The van der Waals surface area contributed by atoms with Crippen molar-refractivity contribution in [2.75, 3.05) is 5.32 Å². The number of aryl methyl sites for hydroxylation is 1. The maximum absolute atomic E-state index is 12.3. The van der Waals surface area contributed by atoms with Gasteiger partial charge in [-0.1, -0.05) is 53.2 Å². The summed E-state index contributed by atoms with van der Waals surface area (Å²) in [5.74, 6) is 1.38. The molecule has 4 aromatic rings. The summed E-state index contributed by atoms with van der Waals surface area (Å²) in [5.41, 5.74) is 3.81. The number of carbonyl (C=O) groups is 1. The summed E-state index contributed by atoms with van der Waals surface area (Å²) >= 11 is 9.21. The number of thioether (sulfide) groups is 1. The fourth-order valence-corrected chi connectivity index (χ4v) is 5.12. The number of hydrogen-bond donors (Lipinski definition) is 1. The molecule has 1 N–H and O–H groups in total. The van der Waals surface area contributed by atoms with E-state index in [2.05, 4.69) is 32.0 Å². The molecule has 0 aliphatic carbocycles. The number of hydrogen-bond acceptors (Lipinski definition) is 6. The third-order valence-corrected chi connectivity index (χ3v) is 6.84. The molecule has 0 spiro atoms. The lowest BCUT2D eigenvalue weighted by atomic mass is 10.2. The fraction of sp³-hybridized carbons (Fsp3) is 0.217. The van der Waals surface area contributed by atoms with Crippen LogP contribution < -0.4 is 5.32 Å². The largest absolute Gasteiger partial charge is 0.326 e. The monoisotopic (exact) mass is 483 g/mol. The quantitative estimate of drug-likeness (QED) is 0.318. The molecule has 32 heavy (non-hydrogen) atoms. The first-order valence-corrected chi connectivity index (χ1v) is 12.4. The molecule has 0 fully saturated rings. The van der Waals surface area contributed by atoms with E-state index in [1.54, 1.807) is 11.8 Å². The smallest absolute Gasteiger partial charge is 0.231 e. The molecule has 6 nitrogen and oxygen atoms in total. The minimum absolute atomic E-state index is 0.0701. The molecule has 0 saturated carbocycles. The maximum atomic E-state index is 12.3. The van der Waals surface area contributed by atoms with Gasteiger partial charge in [0.15, 0.2) is 11.0 Å². The predicted molar refractivity (Wildman–Crippen MR) is 131 cm³/mol. The lowest BCUT2D eigenvalue weighted by Gasteiger charge is -2.07. The van der Waals surface area contributed by atoms with Gasteiger partial charge in [0.25, 0.3) is 0 Å². The van der Waals surface area contributed by atoms with Crippen LogP contribution in [0.2, 0.25) is 5.02 Å². The van der Waals surface area contributed by atoms with Crippen LogP contribution in [0.3, 0.4) is 0 Å². The average molecular weight is 484 g/mol. The number of halogens is 1. The summed E-state index contributed by atoms with van der Waals surface area (Å²) in [5, 5.41) is 15.9. The molecule has 0 saturated heterocycles. The Morgan fingerprint density at radius 2 is 2.00 bits per heavy atom. The molecule has 1 amide bonds. The average Bonchev–Trinajstić information content (AvgIpc) is 3.40. The normalized spacial score (nSPS) is 11.0. The van der Waals surface area contributed by atoms with Crippen molar-refractivity contribution in [2.24, 2.45) is 0 Å². The highest BCUT2D eigenvalue weighted by Gasteiger charge is 2.15. The highest BCUT2D eigenvalue weighted by molar-refractivity contribution is 7.98. The molecule has 0 aliphatic heterocycles. The lowest BCUT2D eigenvalue weighted by Crippen LogP contribution is -2.14. The number of anilines is 1. The summed E-state index contributed by atoms with van der Waals surface area (Å²) in [6, 6.07) is 15.4. The number of benzene rings is 2. The van der Waals surface area contributed by atoms with Gasteiger partial charge in [0, 0.05) is 34.0 Å². The Hall–Kier alpha value is -2.68. The summed E-state index contributed by atoms with van der Waals surface area (Å²) in [7, 11) is 0. The fourth-order valence-electron chi connectivity index (χ4n) is 3.14. The molecule has 0 aliphatic rings. The summed E-state index contributed by atoms with van der Waals surface area (Å²) in [4.78, 5) is 16.9. The van der Waals surface area contributed by atoms with Gasteiger partial charge in [-0.05, 0) is 38.1 Å². The Morgan fingerprint density at radius 3 is 2.75 bits per heavy atom. The number of amides is 1. The van der Waals surface area contributed by atoms with Crippen molar-refractivity contribution in [1.29, 1.82) is 0 Å². The standard InChI is InChI=1S/C23H22ClN5OS2/c1-3-29-22(16-5-4-6-17(24)11-16)27-28-23(29)32-14-19-13-31-21(26-19)12-20(30)25-18-9-7-15(2)8-10-18/h4-11,13H,3,12,14H2,1-2H3,(H,25,30). The van der Waals surface area contributed by atoms with Crippen LogP contribution in [0.1, 0.15) is 23.2 Å². The Kier molecular flexibility index (Phi) is 7.24. The minimum atomic E-state index is -0.0701. The number of nitrogens with zero attached hydrogens (tertiary/aromatic N) is 4. The molecule has 0 bridgehead atoms. The van der Waals surface area contributed by atoms with Gasteiger partial charge in [0.1, 0.15) is 5.01 Å². The Balaban J connectivity index is 1.37. The van der Waals surface area contributed by atoms with Gasteiger partial charge in [0.05, 0.1) is 12.1 Å².